The van der Waals surface area contributed by atoms with E-state index >= 15 is 0 Å². The summed E-state index contributed by atoms with van der Waals surface area (Å²) in [6.45, 7) is 3.88. The van der Waals surface area contributed by atoms with Gasteiger partial charge in [-0.2, -0.15) is 0 Å². The minimum absolute atomic E-state index is 0.366. The highest BCUT2D eigenvalue weighted by Crippen LogP contribution is 2.22. The SMILES string of the molecule is CC1CNCc2nnc(-c3nccn3C)n21. The molecule has 84 valence electrons. The molecule has 1 aliphatic rings. The molecule has 0 aromatic carbocycles. The van der Waals surface area contributed by atoms with Gasteiger partial charge in [-0.05, 0) is 6.92 Å². The topological polar surface area (TPSA) is 60.6 Å². The molecule has 1 atom stereocenters. The van der Waals surface area contributed by atoms with Gasteiger partial charge in [-0.15, -0.1) is 10.2 Å². The highest BCUT2D eigenvalue weighted by molar-refractivity contribution is 5.45. The molecule has 6 nitrogen and oxygen atoms in total. The molecule has 0 amide bonds. The number of imidazole rings is 1. The summed E-state index contributed by atoms with van der Waals surface area (Å²) < 4.78 is 4.13. The Morgan fingerprint density at radius 2 is 2.25 bits per heavy atom. The van der Waals surface area contributed by atoms with E-state index in [2.05, 4.69) is 32.0 Å². The normalized spacial score (nSPS) is 19.8. The van der Waals surface area contributed by atoms with Crippen molar-refractivity contribution in [2.45, 2.75) is 19.5 Å². The van der Waals surface area contributed by atoms with Crippen molar-refractivity contribution >= 4 is 0 Å². The van der Waals surface area contributed by atoms with Crippen molar-refractivity contribution in [1.29, 1.82) is 0 Å². The summed E-state index contributed by atoms with van der Waals surface area (Å²) in [4.78, 5) is 4.32. The first-order valence-corrected chi connectivity index (χ1v) is 5.39. The second-order valence-electron chi connectivity index (χ2n) is 4.15. The summed E-state index contributed by atoms with van der Waals surface area (Å²) >= 11 is 0. The second-order valence-corrected chi connectivity index (χ2v) is 4.15. The zero-order chi connectivity index (χ0) is 11.1. The number of aromatic nitrogens is 5. The smallest absolute Gasteiger partial charge is 0.200 e. The Balaban J connectivity index is 2.16. The van der Waals surface area contributed by atoms with E-state index in [9.17, 15) is 0 Å². The maximum atomic E-state index is 4.32. The summed E-state index contributed by atoms with van der Waals surface area (Å²) in [5, 5.41) is 11.8. The number of rotatable bonds is 1. The number of nitrogens with zero attached hydrogens (tertiary/aromatic N) is 5. The Labute approximate surface area is 93.3 Å². The van der Waals surface area contributed by atoms with Gasteiger partial charge in [-0.1, -0.05) is 0 Å². The Morgan fingerprint density at radius 1 is 1.38 bits per heavy atom. The molecule has 1 unspecified atom stereocenters. The fraction of sp³-hybridized carbons (Fsp3) is 0.500. The number of nitrogens with one attached hydrogen (secondary N) is 1. The van der Waals surface area contributed by atoms with Gasteiger partial charge < -0.3 is 14.5 Å². The molecule has 3 rings (SSSR count). The van der Waals surface area contributed by atoms with Crippen LogP contribution < -0.4 is 5.32 Å². The molecule has 0 bridgehead atoms. The van der Waals surface area contributed by atoms with Crippen LogP contribution in [0, 0.1) is 0 Å². The number of hydrogen-bond acceptors (Lipinski definition) is 4. The zero-order valence-electron chi connectivity index (χ0n) is 9.38. The lowest BCUT2D eigenvalue weighted by atomic mass is 10.2. The maximum Gasteiger partial charge on any atom is 0.200 e. The summed E-state index contributed by atoms with van der Waals surface area (Å²) in [6.07, 6.45) is 3.70. The van der Waals surface area contributed by atoms with Gasteiger partial charge in [0.15, 0.2) is 11.6 Å². The van der Waals surface area contributed by atoms with E-state index < -0.39 is 0 Å². The van der Waals surface area contributed by atoms with E-state index in [1.807, 2.05) is 17.8 Å². The first kappa shape index (κ1) is 9.53. The maximum absolute atomic E-state index is 4.32. The van der Waals surface area contributed by atoms with Crippen molar-refractivity contribution in [3.8, 4) is 11.6 Å². The predicted molar refractivity (Wildman–Crippen MR) is 58.6 cm³/mol. The van der Waals surface area contributed by atoms with Crippen LogP contribution >= 0.6 is 0 Å². The van der Waals surface area contributed by atoms with Crippen molar-refractivity contribution in [2.24, 2.45) is 7.05 Å². The summed E-state index contributed by atoms with van der Waals surface area (Å²) in [6, 6.07) is 0.366. The van der Waals surface area contributed by atoms with Crippen molar-refractivity contribution < 1.29 is 0 Å². The van der Waals surface area contributed by atoms with Crippen molar-refractivity contribution in [2.75, 3.05) is 6.54 Å². The van der Waals surface area contributed by atoms with E-state index in [0.717, 1.165) is 30.6 Å². The molecule has 0 saturated carbocycles. The first-order valence-electron chi connectivity index (χ1n) is 5.39. The van der Waals surface area contributed by atoms with Gasteiger partial charge in [-0.3, -0.25) is 0 Å². The molecule has 2 aromatic rings. The van der Waals surface area contributed by atoms with Gasteiger partial charge in [0.2, 0.25) is 0 Å². The third kappa shape index (κ3) is 1.26. The lowest BCUT2D eigenvalue weighted by molar-refractivity contribution is 0.424. The monoisotopic (exact) mass is 218 g/mol. The third-order valence-electron chi connectivity index (χ3n) is 2.95. The van der Waals surface area contributed by atoms with Crippen LogP contribution in [0.4, 0.5) is 0 Å². The minimum atomic E-state index is 0.366. The summed E-state index contributed by atoms with van der Waals surface area (Å²) in [5.41, 5.74) is 0. The average molecular weight is 218 g/mol. The number of hydrogen-bond donors (Lipinski definition) is 1. The predicted octanol–water partition coefficient (Wildman–Crippen LogP) is 0.343. The Morgan fingerprint density at radius 3 is 3.00 bits per heavy atom. The molecule has 16 heavy (non-hydrogen) atoms. The molecule has 0 aliphatic carbocycles. The highest BCUT2D eigenvalue weighted by Gasteiger charge is 2.23. The van der Waals surface area contributed by atoms with E-state index in [1.165, 1.54) is 0 Å². The third-order valence-corrected chi connectivity index (χ3v) is 2.95. The molecule has 6 heteroatoms. The van der Waals surface area contributed by atoms with Crippen LogP contribution in [0.1, 0.15) is 18.8 Å². The van der Waals surface area contributed by atoms with Crippen molar-refractivity contribution in [3.63, 3.8) is 0 Å². The molecular weight excluding hydrogens is 204 g/mol. The van der Waals surface area contributed by atoms with Crippen molar-refractivity contribution in [1.82, 2.24) is 29.6 Å². The molecule has 3 heterocycles. The summed E-state index contributed by atoms with van der Waals surface area (Å²) in [7, 11) is 1.97. The minimum Gasteiger partial charge on any atom is -0.331 e. The summed E-state index contributed by atoms with van der Waals surface area (Å²) in [5.74, 6) is 2.71. The standard InChI is InChI=1S/C10H14N6/c1-7-5-11-6-8-13-14-10(16(7)8)9-12-3-4-15(9)2/h3-4,7,11H,5-6H2,1-2H3. The van der Waals surface area contributed by atoms with E-state index in [1.54, 1.807) is 6.20 Å². The van der Waals surface area contributed by atoms with E-state index in [0.29, 0.717) is 6.04 Å². The molecule has 1 aliphatic heterocycles. The van der Waals surface area contributed by atoms with Crippen molar-refractivity contribution in [3.05, 3.63) is 18.2 Å². The molecule has 0 radical (unpaired) electrons. The average Bonchev–Trinajstić information content (AvgIpc) is 2.84. The molecule has 2 aromatic heterocycles. The first-order chi connectivity index (χ1) is 7.77. The fourth-order valence-corrected chi connectivity index (χ4v) is 2.13. The van der Waals surface area contributed by atoms with Crippen LogP contribution in [-0.2, 0) is 13.6 Å². The van der Waals surface area contributed by atoms with E-state index in [-0.39, 0.29) is 0 Å². The lowest BCUT2D eigenvalue weighted by Gasteiger charge is -2.23. The fourth-order valence-electron chi connectivity index (χ4n) is 2.13. The highest BCUT2D eigenvalue weighted by atomic mass is 15.3. The molecule has 0 spiro atoms. The lowest BCUT2D eigenvalue weighted by Crippen LogP contribution is -2.32. The van der Waals surface area contributed by atoms with Gasteiger partial charge >= 0.3 is 0 Å². The Bertz CT molecular complexity index is 511. The molecule has 0 saturated heterocycles. The van der Waals surface area contributed by atoms with E-state index in [4.69, 9.17) is 0 Å². The molecule has 0 fully saturated rings. The van der Waals surface area contributed by atoms with Crippen LogP contribution in [0.2, 0.25) is 0 Å². The number of aryl methyl sites for hydroxylation is 1. The zero-order valence-corrected chi connectivity index (χ0v) is 9.38. The quantitative estimate of drug-likeness (QED) is 0.750. The molecular formula is C10H14N6. The van der Waals surface area contributed by atoms with Gasteiger partial charge in [0.05, 0.1) is 6.54 Å². The molecule has 1 N–H and O–H groups in total. The number of fused-ring (bicyclic) bond motifs is 1. The van der Waals surface area contributed by atoms with Crippen LogP contribution in [0.25, 0.3) is 11.6 Å². The van der Waals surface area contributed by atoms with Gasteiger partial charge in [0, 0.05) is 32.0 Å². The van der Waals surface area contributed by atoms with Crippen LogP contribution in [-0.4, -0.2) is 30.9 Å². The second kappa shape index (κ2) is 3.41. The van der Waals surface area contributed by atoms with Crippen LogP contribution in [0.3, 0.4) is 0 Å². The largest absolute Gasteiger partial charge is 0.331 e. The Kier molecular flexibility index (Phi) is 2.03. The van der Waals surface area contributed by atoms with Gasteiger partial charge in [0.25, 0.3) is 0 Å². The Hall–Kier alpha value is -1.69. The van der Waals surface area contributed by atoms with Crippen LogP contribution in [0.15, 0.2) is 12.4 Å². The van der Waals surface area contributed by atoms with Crippen LogP contribution in [0.5, 0.6) is 0 Å². The van der Waals surface area contributed by atoms with Gasteiger partial charge in [-0.25, -0.2) is 4.98 Å². The van der Waals surface area contributed by atoms with Gasteiger partial charge in [0.1, 0.15) is 5.82 Å².